The summed E-state index contributed by atoms with van der Waals surface area (Å²) in [4.78, 5) is 23.3. The Morgan fingerprint density at radius 3 is 2.50 bits per heavy atom. The number of carbonyl (C=O) groups excluding carboxylic acids is 1. The van der Waals surface area contributed by atoms with Crippen molar-refractivity contribution in [3.05, 3.63) is 66.5 Å². The van der Waals surface area contributed by atoms with Gasteiger partial charge in [0.15, 0.2) is 11.8 Å². The van der Waals surface area contributed by atoms with E-state index in [1.165, 1.54) is 23.1 Å². The van der Waals surface area contributed by atoms with E-state index in [2.05, 4.69) is 14.7 Å². The maximum Gasteiger partial charge on any atom is 0.573 e. The van der Waals surface area contributed by atoms with Crippen molar-refractivity contribution in [1.82, 2.24) is 9.97 Å². The number of aliphatic hydroxyl groups is 1. The smallest absolute Gasteiger partial charge is 0.461 e. The second kappa shape index (κ2) is 7.04. The summed E-state index contributed by atoms with van der Waals surface area (Å²) < 4.78 is 49.3. The lowest BCUT2D eigenvalue weighted by atomic mass is 9.80. The number of cyclic esters (lactones) is 1. The van der Waals surface area contributed by atoms with Crippen LogP contribution in [-0.4, -0.2) is 45.7 Å². The van der Waals surface area contributed by atoms with E-state index in [1.807, 2.05) is 12.1 Å². The minimum absolute atomic E-state index is 0.0340. The van der Waals surface area contributed by atoms with Crippen molar-refractivity contribution in [2.75, 3.05) is 11.5 Å². The summed E-state index contributed by atoms with van der Waals surface area (Å²) in [6, 6.07) is 11.3. The average Bonchev–Trinajstić information content (AvgIpc) is 3.11. The summed E-state index contributed by atoms with van der Waals surface area (Å²) in [5.74, 6) is -1.26. The van der Waals surface area contributed by atoms with Gasteiger partial charge in [0.2, 0.25) is 0 Å². The zero-order valence-corrected chi connectivity index (χ0v) is 17.4. The molecule has 1 saturated heterocycles. The molecule has 0 amide bonds. The predicted octanol–water partition coefficient (Wildman–Crippen LogP) is 4.03. The van der Waals surface area contributed by atoms with Crippen molar-refractivity contribution in [2.45, 2.75) is 24.4 Å². The Bertz CT molecular complexity index is 1480. The number of pyridine rings is 2. The molecule has 6 rings (SSSR count). The number of anilines is 2. The van der Waals surface area contributed by atoms with Gasteiger partial charge in [0.1, 0.15) is 12.2 Å². The van der Waals surface area contributed by atoms with Crippen LogP contribution in [0.25, 0.3) is 21.8 Å². The first-order valence-electron chi connectivity index (χ1n) is 10.4. The van der Waals surface area contributed by atoms with E-state index >= 15 is 0 Å². The van der Waals surface area contributed by atoms with Gasteiger partial charge in [-0.3, -0.25) is 9.97 Å². The van der Waals surface area contributed by atoms with Crippen LogP contribution in [0, 0.1) is 0 Å². The lowest BCUT2D eigenvalue weighted by Crippen LogP contribution is -2.56. The molecule has 0 saturated carbocycles. The molecule has 1 N–H and O–H groups in total. The molecular formula is C24H16F3N3O4. The molecule has 34 heavy (non-hydrogen) atoms. The van der Waals surface area contributed by atoms with Gasteiger partial charge in [0.25, 0.3) is 0 Å². The third-order valence-corrected chi connectivity index (χ3v) is 6.23. The first-order chi connectivity index (χ1) is 16.3. The predicted molar refractivity (Wildman–Crippen MR) is 116 cm³/mol. The van der Waals surface area contributed by atoms with Gasteiger partial charge in [-0.15, -0.1) is 13.2 Å². The van der Waals surface area contributed by atoms with Crippen molar-refractivity contribution in [1.29, 1.82) is 0 Å². The van der Waals surface area contributed by atoms with E-state index in [0.29, 0.717) is 33.1 Å². The van der Waals surface area contributed by atoms with Crippen LogP contribution in [-0.2, 0) is 16.0 Å². The molecule has 0 radical (unpaired) electrons. The molecule has 0 bridgehead atoms. The average molecular weight is 467 g/mol. The van der Waals surface area contributed by atoms with E-state index in [4.69, 9.17) is 4.74 Å². The number of hydrogen-bond donors (Lipinski definition) is 1. The fourth-order valence-corrected chi connectivity index (χ4v) is 4.99. The van der Waals surface area contributed by atoms with Gasteiger partial charge in [-0.05, 0) is 35.9 Å². The summed E-state index contributed by atoms with van der Waals surface area (Å²) in [5.41, 5.74) is 0.360. The van der Waals surface area contributed by atoms with E-state index in [1.54, 1.807) is 24.5 Å². The summed E-state index contributed by atoms with van der Waals surface area (Å²) in [5, 5.41) is 12.9. The highest BCUT2D eigenvalue weighted by atomic mass is 19.4. The lowest BCUT2D eigenvalue weighted by molar-refractivity contribution is -0.274. The van der Waals surface area contributed by atoms with Crippen molar-refractivity contribution in [3.63, 3.8) is 0 Å². The van der Waals surface area contributed by atoms with Gasteiger partial charge in [-0.1, -0.05) is 18.2 Å². The van der Waals surface area contributed by atoms with E-state index in [-0.39, 0.29) is 18.7 Å². The van der Waals surface area contributed by atoms with Gasteiger partial charge in [-0.2, -0.15) is 0 Å². The summed E-state index contributed by atoms with van der Waals surface area (Å²) in [6.07, 6.45) is -1.74. The lowest BCUT2D eigenvalue weighted by Gasteiger charge is -2.43. The van der Waals surface area contributed by atoms with Gasteiger partial charge in [0.05, 0.1) is 22.4 Å². The normalized spacial score (nSPS) is 21.9. The maximum absolute atomic E-state index is 13.3. The molecule has 1 fully saturated rings. The monoisotopic (exact) mass is 467 g/mol. The minimum atomic E-state index is -4.96. The number of fused-ring (bicyclic) bond motifs is 7. The molecule has 2 aliphatic rings. The van der Waals surface area contributed by atoms with Crippen molar-refractivity contribution < 1.29 is 32.5 Å². The number of para-hydroxylation sites is 2. The third kappa shape index (κ3) is 2.98. The Balaban J connectivity index is 1.74. The largest absolute Gasteiger partial charge is 0.573 e. The number of ether oxygens (including phenoxy) is 2. The molecule has 4 aromatic rings. The minimum Gasteiger partial charge on any atom is -0.461 e. The Morgan fingerprint density at radius 1 is 1.03 bits per heavy atom. The Morgan fingerprint density at radius 2 is 1.74 bits per heavy atom. The molecule has 10 heteroatoms. The molecule has 172 valence electrons. The molecule has 2 atom stereocenters. The number of rotatable bonds is 2. The molecular weight excluding hydrogens is 451 g/mol. The number of aromatic nitrogens is 2. The molecule has 7 nitrogen and oxygen atoms in total. The number of nitrogens with zero attached hydrogens (tertiary/aromatic N) is 3. The molecule has 2 aromatic carbocycles. The summed E-state index contributed by atoms with van der Waals surface area (Å²) in [7, 11) is 0. The third-order valence-electron chi connectivity index (χ3n) is 6.23. The molecule has 2 aliphatic heterocycles. The number of benzene rings is 2. The molecule has 2 aromatic heterocycles. The number of alkyl halides is 3. The maximum atomic E-state index is 13.3. The van der Waals surface area contributed by atoms with Gasteiger partial charge in [0, 0.05) is 29.6 Å². The second-order valence-electron chi connectivity index (χ2n) is 8.30. The number of carbonyl (C=O) groups is 1. The van der Waals surface area contributed by atoms with Crippen molar-refractivity contribution >= 4 is 39.1 Å². The Hall–Kier alpha value is -3.92. The van der Waals surface area contributed by atoms with E-state index < -0.39 is 29.7 Å². The standard InChI is InChI=1S/C24H16F3N3O4/c25-24(26,27)34-17-8-2-1-7-16(17)30-20-15(11-23(32)12-33-22(31)21(23)30)13-5-3-9-28-18(13)14-6-4-10-29-19(14)20/h1-10,21,32H,11-12H2. The molecule has 0 spiro atoms. The number of esters is 1. The van der Waals surface area contributed by atoms with E-state index in [0.717, 1.165) is 6.07 Å². The molecule has 2 unspecified atom stereocenters. The van der Waals surface area contributed by atoms with E-state index in [9.17, 15) is 23.1 Å². The van der Waals surface area contributed by atoms with Crippen molar-refractivity contribution in [2.24, 2.45) is 0 Å². The highest BCUT2D eigenvalue weighted by molar-refractivity contribution is 6.14. The summed E-state index contributed by atoms with van der Waals surface area (Å²) >= 11 is 0. The SMILES string of the molecule is O=C1OCC2(O)Cc3c(c4ncccc4c4ncccc34)N(c3ccccc3OC(F)(F)F)C12. The summed E-state index contributed by atoms with van der Waals surface area (Å²) in [6.45, 7) is -0.295. The zero-order chi connectivity index (χ0) is 23.7. The van der Waals surface area contributed by atoms with Crippen LogP contribution in [0.4, 0.5) is 24.5 Å². The first-order valence-corrected chi connectivity index (χ1v) is 10.4. The van der Waals surface area contributed by atoms with Crippen LogP contribution in [0.5, 0.6) is 5.75 Å². The zero-order valence-electron chi connectivity index (χ0n) is 17.4. The van der Waals surface area contributed by atoms with Crippen molar-refractivity contribution in [3.8, 4) is 5.75 Å². The molecule has 4 heterocycles. The fourth-order valence-electron chi connectivity index (χ4n) is 4.99. The van der Waals surface area contributed by atoms with Crippen LogP contribution >= 0.6 is 0 Å². The van der Waals surface area contributed by atoms with Crippen LogP contribution in [0.1, 0.15) is 5.56 Å². The molecule has 0 aliphatic carbocycles. The number of hydrogen-bond acceptors (Lipinski definition) is 7. The highest BCUT2D eigenvalue weighted by Crippen LogP contribution is 2.51. The van der Waals surface area contributed by atoms with Crippen LogP contribution in [0.15, 0.2) is 60.9 Å². The van der Waals surface area contributed by atoms with Gasteiger partial charge < -0.3 is 19.5 Å². The van der Waals surface area contributed by atoms with Crippen LogP contribution in [0.2, 0.25) is 0 Å². The van der Waals surface area contributed by atoms with Crippen LogP contribution < -0.4 is 9.64 Å². The van der Waals surface area contributed by atoms with Crippen LogP contribution in [0.3, 0.4) is 0 Å². The topological polar surface area (TPSA) is 84.8 Å². The van der Waals surface area contributed by atoms with Gasteiger partial charge in [-0.25, -0.2) is 4.79 Å². The fraction of sp³-hybridized carbons (Fsp3) is 0.208. The van der Waals surface area contributed by atoms with Gasteiger partial charge >= 0.3 is 12.3 Å². The quantitative estimate of drug-likeness (QED) is 0.352. The highest BCUT2D eigenvalue weighted by Gasteiger charge is 2.57. The Kier molecular flexibility index (Phi) is 4.28. The second-order valence-corrected chi connectivity index (χ2v) is 8.30. The Labute approximate surface area is 190 Å². The number of halogens is 3. The first kappa shape index (κ1) is 20.7.